The number of carbonyl (C=O) groups excluding carboxylic acids is 2. The van der Waals surface area contributed by atoms with Gasteiger partial charge in [-0.05, 0) is 51.3 Å². The Kier molecular flexibility index (Phi) is 6.29. The molecule has 2 fully saturated rings. The molecule has 1 aromatic rings. The second-order valence-electron chi connectivity index (χ2n) is 7.31. The average molecular weight is 394 g/mol. The lowest BCUT2D eigenvalue weighted by molar-refractivity contribution is -0.126. The van der Waals surface area contributed by atoms with Gasteiger partial charge in [0.15, 0.2) is 5.78 Å². The molecule has 2 N–H and O–H groups in total. The van der Waals surface area contributed by atoms with E-state index in [9.17, 15) is 18.0 Å². The summed E-state index contributed by atoms with van der Waals surface area (Å²) < 4.78 is 27.0. The van der Waals surface area contributed by atoms with Crippen molar-refractivity contribution in [3.63, 3.8) is 0 Å². The van der Waals surface area contributed by atoms with Crippen LogP contribution in [0.3, 0.4) is 0 Å². The molecular weight excluding hydrogens is 366 g/mol. The van der Waals surface area contributed by atoms with Gasteiger partial charge in [0.1, 0.15) is 0 Å². The summed E-state index contributed by atoms with van der Waals surface area (Å²) in [6.07, 6.45) is 3.10. The van der Waals surface area contributed by atoms with Crippen LogP contribution in [0.1, 0.15) is 43.0 Å². The van der Waals surface area contributed by atoms with Crippen LogP contribution in [0.15, 0.2) is 29.2 Å². The Morgan fingerprint density at radius 1 is 1.11 bits per heavy atom. The molecule has 0 spiro atoms. The van der Waals surface area contributed by atoms with Crippen LogP contribution >= 0.6 is 0 Å². The number of nitrogens with zero attached hydrogens (tertiary/aromatic N) is 1. The zero-order valence-electron chi connectivity index (χ0n) is 15.6. The molecule has 0 bridgehead atoms. The number of rotatable bonds is 5. The fraction of sp³-hybridized carbons (Fsp3) is 0.579. The number of hydrogen-bond donors (Lipinski definition) is 2. The molecule has 1 amide bonds. The van der Waals surface area contributed by atoms with Crippen molar-refractivity contribution in [1.82, 2.24) is 14.9 Å². The van der Waals surface area contributed by atoms with Crippen LogP contribution in [-0.4, -0.2) is 56.6 Å². The summed E-state index contributed by atoms with van der Waals surface area (Å²) in [5.41, 5.74) is 0.488. The van der Waals surface area contributed by atoms with Crippen molar-refractivity contribution in [2.24, 2.45) is 5.92 Å². The van der Waals surface area contributed by atoms with Crippen LogP contribution in [0.25, 0.3) is 0 Å². The van der Waals surface area contributed by atoms with Crippen LogP contribution < -0.4 is 10.6 Å². The minimum atomic E-state index is -3.60. The van der Waals surface area contributed by atoms with Crippen molar-refractivity contribution in [1.29, 1.82) is 0 Å². The molecule has 0 saturated carbocycles. The van der Waals surface area contributed by atoms with Gasteiger partial charge in [0.2, 0.25) is 15.9 Å². The molecule has 0 aliphatic carbocycles. The van der Waals surface area contributed by atoms with E-state index in [0.717, 1.165) is 25.9 Å². The van der Waals surface area contributed by atoms with E-state index in [1.54, 1.807) is 0 Å². The zero-order chi connectivity index (χ0) is 19.4. The van der Waals surface area contributed by atoms with Gasteiger partial charge in [-0.2, -0.15) is 4.31 Å². The lowest BCUT2D eigenvalue weighted by Crippen LogP contribution is -2.49. The van der Waals surface area contributed by atoms with Crippen molar-refractivity contribution in [3.8, 4) is 0 Å². The monoisotopic (exact) mass is 393 g/mol. The molecule has 2 aliphatic heterocycles. The number of hydrogen-bond acceptors (Lipinski definition) is 5. The minimum absolute atomic E-state index is 0.0339. The summed E-state index contributed by atoms with van der Waals surface area (Å²) in [4.78, 5) is 24.0. The summed E-state index contributed by atoms with van der Waals surface area (Å²) in [6.45, 7) is 3.91. The van der Waals surface area contributed by atoms with E-state index in [1.165, 1.54) is 35.5 Å². The van der Waals surface area contributed by atoms with Crippen molar-refractivity contribution < 1.29 is 18.0 Å². The summed E-state index contributed by atoms with van der Waals surface area (Å²) in [7, 11) is -3.60. The van der Waals surface area contributed by atoms with Crippen LogP contribution in [0.5, 0.6) is 0 Å². The summed E-state index contributed by atoms with van der Waals surface area (Å²) in [5, 5.41) is 6.37. The Labute approximate surface area is 160 Å². The number of Topliss-reactive ketones (excluding diaryl/α,β-unsaturated/α-hetero) is 1. The Morgan fingerprint density at radius 2 is 1.78 bits per heavy atom. The number of carbonyl (C=O) groups is 2. The second kappa shape index (κ2) is 8.50. The summed E-state index contributed by atoms with van der Waals surface area (Å²) in [6, 6.07) is 6.19. The fourth-order valence-corrected chi connectivity index (χ4v) is 5.13. The first kappa shape index (κ1) is 20.0. The highest BCUT2D eigenvalue weighted by molar-refractivity contribution is 7.89. The molecule has 7 nitrogen and oxygen atoms in total. The number of benzene rings is 1. The van der Waals surface area contributed by atoms with Crippen LogP contribution in [0.2, 0.25) is 0 Å². The highest BCUT2D eigenvalue weighted by Crippen LogP contribution is 2.24. The van der Waals surface area contributed by atoms with E-state index in [1.807, 2.05) is 0 Å². The van der Waals surface area contributed by atoms with E-state index < -0.39 is 10.0 Å². The fourth-order valence-electron chi connectivity index (χ4n) is 3.66. The maximum absolute atomic E-state index is 12.8. The van der Waals surface area contributed by atoms with Crippen LogP contribution in [0, 0.1) is 5.92 Å². The number of piperidine rings is 2. The van der Waals surface area contributed by atoms with Gasteiger partial charge >= 0.3 is 0 Å². The second-order valence-corrected chi connectivity index (χ2v) is 9.25. The van der Waals surface area contributed by atoms with Gasteiger partial charge in [0, 0.05) is 37.2 Å². The molecular formula is C19H27N3O4S. The Morgan fingerprint density at radius 3 is 2.33 bits per heavy atom. The van der Waals surface area contributed by atoms with Crippen LogP contribution in [-0.2, 0) is 14.8 Å². The maximum atomic E-state index is 12.8. The van der Waals surface area contributed by atoms with Gasteiger partial charge in [0.25, 0.3) is 0 Å². The Bertz CT molecular complexity index is 778. The quantitative estimate of drug-likeness (QED) is 0.732. The predicted molar refractivity (Wildman–Crippen MR) is 102 cm³/mol. The summed E-state index contributed by atoms with van der Waals surface area (Å²) >= 11 is 0. The minimum Gasteiger partial charge on any atom is -0.352 e. The van der Waals surface area contributed by atoms with Gasteiger partial charge in [-0.3, -0.25) is 9.59 Å². The van der Waals surface area contributed by atoms with E-state index in [4.69, 9.17) is 0 Å². The van der Waals surface area contributed by atoms with Gasteiger partial charge in [-0.25, -0.2) is 8.42 Å². The predicted octanol–water partition coefficient (Wildman–Crippen LogP) is 1.16. The third-order valence-corrected chi connectivity index (χ3v) is 7.28. The molecule has 2 heterocycles. The van der Waals surface area contributed by atoms with Gasteiger partial charge in [-0.15, -0.1) is 0 Å². The van der Waals surface area contributed by atoms with Crippen molar-refractivity contribution in [3.05, 3.63) is 29.8 Å². The zero-order valence-corrected chi connectivity index (χ0v) is 16.4. The number of sulfonamides is 1. The lowest BCUT2D eigenvalue weighted by Gasteiger charge is -2.32. The molecule has 1 aromatic carbocycles. The molecule has 2 saturated heterocycles. The van der Waals surface area contributed by atoms with E-state index in [0.29, 0.717) is 31.5 Å². The molecule has 1 atom stereocenters. The summed E-state index contributed by atoms with van der Waals surface area (Å²) in [5.74, 6) is -0.205. The normalized spacial score (nSPS) is 22.3. The van der Waals surface area contributed by atoms with Gasteiger partial charge < -0.3 is 10.6 Å². The molecule has 0 unspecified atom stereocenters. The van der Waals surface area contributed by atoms with Gasteiger partial charge in [-0.1, -0.05) is 12.1 Å². The standard InChI is InChI=1S/C19H27N3O4S/c1-14(23)15-4-6-18(7-5-15)27(25,26)22-11-8-16(9-12-22)19(24)21-17-3-2-10-20-13-17/h4-7,16-17,20H,2-3,8-13H2,1H3,(H,21,24)/t17-/m0/s1. The first-order chi connectivity index (χ1) is 12.9. The number of ketones is 1. The van der Waals surface area contributed by atoms with Crippen molar-refractivity contribution in [2.75, 3.05) is 26.2 Å². The highest BCUT2D eigenvalue weighted by Gasteiger charge is 2.32. The lowest BCUT2D eigenvalue weighted by atomic mass is 9.96. The largest absolute Gasteiger partial charge is 0.352 e. The van der Waals surface area contributed by atoms with Crippen LogP contribution in [0.4, 0.5) is 0 Å². The molecule has 148 valence electrons. The van der Waals surface area contributed by atoms with Crippen molar-refractivity contribution in [2.45, 2.75) is 43.5 Å². The van der Waals surface area contributed by atoms with E-state index in [-0.39, 0.29) is 28.5 Å². The molecule has 2 aliphatic rings. The molecule has 3 rings (SSSR count). The molecule has 8 heteroatoms. The van der Waals surface area contributed by atoms with Gasteiger partial charge in [0.05, 0.1) is 4.90 Å². The first-order valence-corrected chi connectivity index (χ1v) is 10.9. The average Bonchev–Trinajstić information content (AvgIpc) is 2.69. The molecule has 0 aromatic heterocycles. The van der Waals surface area contributed by atoms with E-state index >= 15 is 0 Å². The highest BCUT2D eigenvalue weighted by atomic mass is 32.2. The topological polar surface area (TPSA) is 95.6 Å². The van der Waals surface area contributed by atoms with E-state index in [2.05, 4.69) is 10.6 Å². The SMILES string of the molecule is CC(=O)c1ccc(S(=O)(=O)N2CCC(C(=O)N[C@H]3CCCNC3)CC2)cc1. The maximum Gasteiger partial charge on any atom is 0.243 e. The number of amides is 1. The smallest absolute Gasteiger partial charge is 0.243 e. The third-order valence-electron chi connectivity index (χ3n) is 5.37. The Balaban J connectivity index is 1.57. The molecule has 27 heavy (non-hydrogen) atoms. The Hall–Kier alpha value is -1.77. The molecule has 0 radical (unpaired) electrons. The number of nitrogens with one attached hydrogen (secondary N) is 2. The first-order valence-electron chi connectivity index (χ1n) is 9.50. The third kappa shape index (κ3) is 4.75. The van der Waals surface area contributed by atoms with Crippen molar-refractivity contribution >= 4 is 21.7 Å².